The lowest BCUT2D eigenvalue weighted by Crippen LogP contribution is -2.54. The minimum absolute atomic E-state index is 0.0112. The number of nitrogens with two attached hydrogens (primary N) is 1. The van der Waals surface area contributed by atoms with E-state index in [1.807, 2.05) is 13.0 Å². The number of methoxy groups -OCH3 is 2. The molecule has 23 heteroatoms. The number of hydrogen-bond acceptors (Lipinski definition) is 14. The fraction of sp³-hybridized carbons (Fsp3) is 0.571. The Morgan fingerprint density at radius 2 is 1.67 bits per heavy atom. The Morgan fingerprint density at radius 3 is 2.32 bits per heavy atom. The predicted octanol–water partition coefficient (Wildman–Crippen LogP) is 7.22. The summed E-state index contributed by atoms with van der Waals surface area (Å²) in [5.74, 6) is -3.25. The van der Waals surface area contributed by atoms with Crippen molar-refractivity contribution < 1.29 is 67.1 Å². The van der Waals surface area contributed by atoms with Gasteiger partial charge in [0.1, 0.15) is 58.2 Å². The number of anilines is 3. The Hall–Kier alpha value is -6.26. The maximum absolute atomic E-state index is 14.4. The molecule has 434 valence electrons. The number of nitrogens with one attached hydrogen (secondary N) is 5. The zero-order valence-corrected chi connectivity index (χ0v) is 48.0. The van der Waals surface area contributed by atoms with Gasteiger partial charge in [0.2, 0.25) is 23.6 Å². The number of halogens is 2. The third kappa shape index (κ3) is 17.9. The van der Waals surface area contributed by atoms with Crippen molar-refractivity contribution in [2.45, 2.75) is 166 Å². The smallest absolute Gasteiger partial charge is 0.412 e. The molecule has 0 radical (unpaired) electrons. The Morgan fingerprint density at radius 1 is 0.962 bits per heavy atom. The lowest BCUT2D eigenvalue weighted by atomic mass is 9.78. The van der Waals surface area contributed by atoms with Crippen LogP contribution in [0.3, 0.4) is 0 Å². The number of amides is 7. The van der Waals surface area contributed by atoms with Gasteiger partial charge < -0.3 is 65.5 Å². The minimum Gasteiger partial charge on any atom is -0.495 e. The molecule has 0 aromatic heterocycles. The Kier molecular flexibility index (Phi) is 23.1. The average Bonchev–Trinajstić information content (AvgIpc) is 4.30. The summed E-state index contributed by atoms with van der Waals surface area (Å²) in [5.41, 5.74) is 4.48. The number of ketones is 1. The van der Waals surface area contributed by atoms with Gasteiger partial charge in [-0.3, -0.25) is 29.3 Å². The molecule has 0 spiro atoms. The lowest BCUT2D eigenvalue weighted by molar-refractivity contribution is -0.187. The first-order chi connectivity index (χ1) is 37.3. The van der Waals surface area contributed by atoms with Gasteiger partial charge in [0, 0.05) is 51.6 Å². The van der Waals surface area contributed by atoms with Gasteiger partial charge in [-0.05, 0) is 94.7 Å². The summed E-state index contributed by atoms with van der Waals surface area (Å²) < 4.78 is 29.5. The summed E-state index contributed by atoms with van der Waals surface area (Å²) in [6.45, 7) is 10.5. The number of allylic oxidation sites excluding steroid dienone is 3. The van der Waals surface area contributed by atoms with E-state index in [4.69, 9.17) is 52.6 Å². The van der Waals surface area contributed by atoms with E-state index in [0.29, 0.717) is 30.7 Å². The molecular weight excluding hydrogens is 1070 g/mol. The number of unbranched alkanes of at least 4 members (excludes halogenated alkanes) is 3. The fourth-order valence-electron chi connectivity index (χ4n) is 9.89. The topological polar surface area (TPSA) is 296 Å². The van der Waals surface area contributed by atoms with Gasteiger partial charge >= 0.3 is 18.1 Å². The molecule has 2 aromatic rings. The molecule has 9 atom stereocenters. The molecule has 3 heterocycles. The maximum atomic E-state index is 14.4. The van der Waals surface area contributed by atoms with Crippen LogP contribution in [0.4, 0.5) is 26.7 Å². The van der Waals surface area contributed by atoms with Crippen molar-refractivity contribution in [1.29, 1.82) is 0 Å². The van der Waals surface area contributed by atoms with Crippen LogP contribution in [0.1, 0.15) is 118 Å². The number of carbonyl (C=O) groups is 8. The maximum Gasteiger partial charge on any atom is 0.412 e. The number of nitrogens with zero attached hydrogens (tertiary/aromatic N) is 1. The molecule has 2 aromatic carbocycles. The predicted molar refractivity (Wildman–Crippen MR) is 298 cm³/mol. The largest absolute Gasteiger partial charge is 0.495 e. The number of hydrogen-bond donors (Lipinski definition) is 7. The second-order valence-electron chi connectivity index (χ2n) is 21.2. The Labute approximate surface area is 471 Å². The lowest BCUT2D eigenvalue weighted by Gasteiger charge is -2.41. The molecule has 3 aliphatic heterocycles. The van der Waals surface area contributed by atoms with Crippen LogP contribution < -0.4 is 42.0 Å². The van der Waals surface area contributed by atoms with E-state index < -0.39 is 95.9 Å². The van der Waals surface area contributed by atoms with Crippen LogP contribution in [0, 0.1) is 11.8 Å². The quantitative estimate of drug-likeness (QED) is 0.0369. The zero-order chi connectivity index (χ0) is 58.4. The van der Waals surface area contributed by atoms with E-state index >= 15 is 0 Å². The van der Waals surface area contributed by atoms with Crippen LogP contribution in [0.15, 0.2) is 54.1 Å². The summed E-state index contributed by atoms with van der Waals surface area (Å²) in [6, 6.07) is 4.84. The molecule has 4 bridgehead atoms. The van der Waals surface area contributed by atoms with E-state index in [-0.39, 0.29) is 77.7 Å². The van der Waals surface area contributed by atoms with Gasteiger partial charge in [0.25, 0.3) is 0 Å². The molecule has 2 saturated heterocycles. The summed E-state index contributed by atoms with van der Waals surface area (Å²) in [4.78, 5) is 106. The summed E-state index contributed by atoms with van der Waals surface area (Å²) >= 11 is 13.5. The average molecular weight is 1140 g/mol. The molecule has 3 aliphatic rings. The number of urea groups is 1. The van der Waals surface area contributed by atoms with E-state index in [1.54, 1.807) is 52.0 Å². The van der Waals surface area contributed by atoms with Gasteiger partial charge in [-0.2, -0.15) is 0 Å². The summed E-state index contributed by atoms with van der Waals surface area (Å²) in [5, 5.41) is 25.5. The molecule has 79 heavy (non-hydrogen) atoms. The molecule has 0 unspecified atom stereocenters. The number of carbonyl (C=O) groups excluding carboxylic acids is 8. The van der Waals surface area contributed by atoms with E-state index in [1.165, 1.54) is 51.3 Å². The number of Topliss-reactive ketones (excluding diaryl/α,β-unsaturated/α-hetero) is 1. The minimum atomic E-state index is -1.65. The highest BCUT2D eigenvalue weighted by atomic mass is 35.5. The van der Waals surface area contributed by atoms with Gasteiger partial charge in [-0.1, -0.05) is 80.6 Å². The molecule has 2 fully saturated rings. The number of ether oxygens (including phenoxy) is 5. The van der Waals surface area contributed by atoms with Crippen molar-refractivity contribution in [1.82, 2.24) is 16.0 Å². The number of epoxide rings is 1. The zero-order valence-electron chi connectivity index (χ0n) is 46.5. The second-order valence-corrected chi connectivity index (χ2v) is 22.0. The van der Waals surface area contributed by atoms with Gasteiger partial charge in [0.15, 0.2) is 0 Å². The molecule has 0 aliphatic carbocycles. The molecule has 7 amide bonds. The molecule has 21 nitrogen and oxygen atoms in total. The standard InChI is InChI=1S/C56H77Cl2N7O14/c1-31(2)49(64-45(67)20-13-11-10-12-17-33(4)66)52(71)62-39(18-15-23-60-53(59)72)51(70)61-36-21-22-38(37(57)27-36)63-54(73)78-44-28-46(68)65(7)40-25-35(26-41(75-8)48(40)58)24-32(3)16-14-19-43(76-9)56(74)29-42(77-47(69)30-56)34(5)50-55(44,6)79-50/h14,16,19,21-22,25-27,31,34,39,42-44,49-50,74H,10-13,15,17-18,20,23-24,28-30H2,1-9H3,(H,61,70)(H,62,71)(H,63,73)(H,64,67)(H3,59,60,72)/b19-14+,32-16+/t34-,39+,42+,43-,44+,49+,50+,55+,56-/m1/s1. The molecule has 8 N–H and O–H groups in total. The SMILES string of the molecule is COc1cc2cc(c1Cl)N(C)C(=O)C[C@H](OC(=O)Nc1ccc(NC(=O)[C@H](CCCNC(N)=O)NC(=O)[C@@H](NC(=O)CCCCCCC(C)=O)C(C)C)cc1Cl)[C@]1(C)O[C@H]1[C@H](C)[C@@H]1C[C@@](O)(CC(=O)O1)[C@H](OC)/C=C/C=C(\C)C2. The van der Waals surface area contributed by atoms with Gasteiger partial charge in [-0.25, -0.2) is 9.59 Å². The highest BCUT2D eigenvalue weighted by Crippen LogP contribution is 2.50. The van der Waals surface area contributed by atoms with E-state index in [9.17, 15) is 43.5 Å². The van der Waals surface area contributed by atoms with Crippen molar-refractivity contribution in [3.63, 3.8) is 0 Å². The summed E-state index contributed by atoms with van der Waals surface area (Å²) in [7, 11) is 4.44. The first kappa shape index (κ1) is 63.6. The van der Waals surface area contributed by atoms with Crippen LogP contribution in [-0.4, -0.2) is 128 Å². The fourth-order valence-corrected chi connectivity index (χ4v) is 10.4. The van der Waals surface area contributed by atoms with Gasteiger partial charge in [0.05, 0.1) is 42.5 Å². The third-order valence-electron chi connectivity index (χ3n) is 14.5. The number of primary amides is 1. The normalized spacial score (nSPS) is 25.0. The number of rotatable bonds is 21. The van der Waals surface area contributed by atoms with Gasteiger partial charge in [-0.15, -0.1) is 0 Å². The Bertz CT molecular complexity index is 2630. The van der Waals surface area contributed by atoms with Crippen LogP contribution in [0.5, 0.6) is 5.75 Å². The number of esters is 1. The van der Waals surface area contributed by atoms with Crippen LogP contribution in [0.25, 0.3) is 0 Å². The number of fused-ring (bicyclic) bond motifs is 5. The Balaban J connectivity index is 1.35. The monoisotopic (exact) mass is 1140 g/mol. The van der Waals surface area contributed by atoms with Crippen LogP contribution in [-0.2, 0) is 54.1 Å². The van der Waals surface area contributed by atoms with E-state index in [2.05, 4.69) is 26.6 Å². The van der Waals surface area contributed by atoms with Crippen molar-refractivity contribution in [2.75, 3.05) is 43.3 Å². The van der Waals surface area contributed by atoms with Crippen molar-refractivity contribution >= 4 is 87.8 Å². The first-order valence-corrected chi connectivity index (χ1v) is 27.3. The molecular formula is C56H77Cl2N7O14. The molecule has 0 saturated carbocycles. The second kappa shape index (κ2) is 28.8. The highest BCUT2D eigenvalue weighted by Gasteiger charge is 2.64. The number of benzene rings is 2. The molecule has 5 rings (SSSR count). The highest BCUT2D eigenvalue weighted by molar-refractivity contribution is 6.35. The third-order valence-corrected chi connectivity index (χ3v) is 15.2. The van der Waals surface area contributed by atoms with Crippen LogP contribution in [0.2, 0.25) is 10.0 Å². The van der Waals surface area contributed by atoms with Crippen molar-refractivity contribution in [3.05, 3.63) is 69.7 Å². The van der Waals surface area contributed by atoms with Crippen LogP contribution >= 0.6 is 23.2 Å². The number of aliphatic hydroxyl groups is 1. The van der Waals surface area contributed by atoms with E-state index in [0.717, 1.165) is 30.4 Å². The van der Waals surface area contributed by atoms with Crippen molar-refractivity contribution in [2.24, 2.45) is 17.6 Å². The first-order valence-electron chi connectivity index (χ1n) is 26.6. The van der Waals surface area contributed by atoms with Crippen molar-refractivity contribution in [3.8, 4) is 5.75 Å². The summed E-state index contributed by atoms with van der Waals surface area (Å²) in [6.07, 6.45) is 3.95.